The quantitative estimate of drug-likeness (QED) is 0.617. The third-order valence-electron chi connectivity index (χ3n) is 4.98. The zero-order valence-corrected chi connectivity index (χ0v) is 17.1. The van der Waals surface area contributed by atoms with Crippen LogP contribution in [-0.2, 0) is 6.54 Å². The molecule has 0 bridgehead atoms. The Hall–Kier alpha value is -2.41. The molecule has 2 aromatic carbocycles. The van der Waals surface area contributed by atoms with Gasteiger partial charge in [0.05, 0.1) is 10.7 Å². The van der Waals surface area contributed by atoms with E-state index in [2.05, 4.69) is 10.00 Å². The van der Waals surface area contributed by atoms with Crippen LogP contribution in [0.25, 0.3) is 5.69 Å². The first-order valence-corrected chi connectivity index (χ1v) is 10.0. The number of hydrogen-bond acceptors (Lipinski definition) is 3. The van der Waals surface area contributed by atoms with E-state index in [9.17, 15) is 9.18 Å². The van der Waals surface area contributed by atoms with Crippen molar-refractivity contribution in [2.75, 3.05) is 26.2 Å². The van der Waals surface area contributed by atoms with Crippen LogP contribution in [0.4, 0.5) is 4.39 Å². The average molecular weight is 433 g/mol. The van der Waals surface area contributed by atoms with Crippen molar-refractivity contribution in [3.05, 3.63) is 81.8 Å². The first-order chi connectivity index (χ1) is 14.0. The second kappa shape index (κ2) is 8.53. The van der Waals surface area contributed by atoms with Crippen LogP contribution in [0, 0.1) is 5.82 Å². The highest BCUT2D eigenvalue weighted by Crippen LogP contribution is 2.21. The van der Waals surface area contributed by atoms with E-state index in [1.165, 1.54) is 12.1 Å². The van der Waals surface area contributed by atoms with E-state index in [-0.39, 0.29) is 11.7 Å². The number of rotatable bonds is 4. The Bertz CT molecular complexity index is 1030. The van der Waals surface area contributed by atoms with Crippen LogP contribution in [0.2, 0.25) is 10.0 Å². The van der Waals surface area contributed by atoms with Crippen molar-refractivity contribution in [2.24, 2.45) is 0 Å². The minimum absolute atomic E-state index is 0.102. The van der Waals surface area contributed by atoms with E-state index in [1.54, 1.807) is 34.0 Å². The maximum absolute atomic E-state index is 13.2. The summed E-state index contributed by atoms with van der Waals surface area (Å²) < 4.78 is 14.8. The Labute approximate surface area is 178 Å². The third kappa shape index (κ3) is 4.45. The molecule has 5 nitrogen and oxygen atoms in total. The molecule has 1 amide bonds. The SMILES string of the molecule is O=C(c1ccn(-c2ccccc2Cl)n1)N1CCN(Cc2ccc(F)cc2Cl)CC1. The van der Waals surface area contributed by atoms with Gasteiger partial charge < -0.3 is 4.90 Å². The summed E-state index contributed by atoms with van der Waals surface area (Å²) in [7, 11) is 0. The summed E-state index contributed by atoms with van der Waals surface area (Å²) in [5.41, 5.74) is 2.00. The molecule has 2 heterocycles. The molecule has 29 heavy (non-hydrogen) atoms. The van der Waals surface area contributed by atoms with E-state index in [0.29, 0.717) is 48.5 Å². The zero-order valence-electron chi connectivity index (χ0n) is 15.6. The lowest BCUT2D eigenvalue weighted by Crippen LogP contribution is -2.48. The summed E-state index contributed by atoms with van der Waals surface area (Å²) in [5.74, 6) is -0.444. The van der Waals surface area contributed by atoms with Crippen molar-refractivity contribution >= 4 is 29.1 Å². The van der Waals surface area contributed by atoms with Gasteiger partial charge in [0.25, 0.3) is 5.91 Å². The lowest BCUT2D eigenvalue weighted by molar-refractivity contribution is 0.0622. The van der Waals surface area contributed by atoms with Crippen LogP contribution in [0.15, 0.2) is 54.7 Å². The van der Waals surface area contributed by atoms with Crippen molar-refractivity contribution < 1.29 is 9.18 Å². The van der Waals surface area contributed by atoms with Crippen molar-refractivity contribution in [3.8, 4) is 5.69 Å². The maximum Gasteiger partial charge on any atom is 0.274 e. The van der Waals surface area contributed by atoms with Gasteiger partial charge >= 0.3 is 0 Å². The second-order valence-corrected chi connectivity index (χ2v) is 7.72. The predicted molar refractivity (Wildman–Crippen MR) is 111 cm³/mol. The molecule has 3 aromatic rings. The van der Waals surface area contributed by atoms with Gasteiger partial charge in [-0.25, -0.2) is 9.07 Å². The molecule has 4 rings (SSSR count). The first kappa shape index (κ1) is 19.9. The Kier molecular flexibility index (Phi) is 5.85. The highest BCUT2D eigenvalue weighted by atomic mass is 35.5. The van der Waals surface area contributed by atoms with Crippen LogP contribution < -0.4 is 0 Å². The monoisotopic (exact) mass is 432 g/mol. The van der Waals surface area contributed by atoms with Crippen LogP contribution in [0.5, 0.6) is 0 Å². The summed E-state index contributed by atoms with van der Waals surface area (Å²) in [6.45, 7) is 3.24. The maximum atomic E-state index is 13.2. The molecule has 1 aliphatic heterocycles. The average Bonchev–Trinajstić information content (AvgIpc) is 3.20. The fourth-order valence-corrected chi connectivity index (χ4v) is 3.82. The second-order valence-electron chi connectivity index (χ2n) is 6.90. The third-order valence-corrected chi connectivity index (χ3v) is 5.65. The minimum atomic E-state index is -0.342. The number of halogens is 3. The molecule has 1 fully saturated rings. The number of benzene rings is 2. The van der Waals surface area contributed by atoms with Crippen molar-refractivity contribution in [2.45, 2.75) is 6.54 Å². The van der Waals surface area contributed by atoms with Gasteiger partial charge in [0.2, 0.25) is 0 Å². The molecule has 0 aliphatic carbocycles. The van der Waals surface area contributed by atoms with Gasteiger partial charge in [0.15, 0.2) is 5.69 Å². The summed E-state index contributed by atoms with van der Waals surface area (Å²) in [4.78, 5) is 16.8. The van der Waals surface area contributed by atoms with Crippen molar-refractivity contribution in [3.63, 3.8) is 0 Å². The van der Waals surface area contributed by atoms with E-state index in [0.717, 1.165) is 11.3 Å². The molecule has 1 aliphatic rings. The van der Waals surface area contributed by atoms with Crippen LogP contribution in [0.1, 0.15) is 16.1 Å². The topological polar surface area (TPSA) is 41.4 Å². The number of carbonyl (C=O) groups is 1. The first-order valence-electron chi connectivity index (χ1n) is 9.27. The van der Waals surface area contributed by atoms with Gasteiger partial charge in [-0.2, -0.15) is 5.10 Å². The van der Waals surface area contributed by atoms with Gasteiger partial charge in [0, 0.05) is 43.9 Å². The number of piperazine rings is 1. The van der Waals surface area contributed by atoms with E-state index >= 15 is 0 Å². The Morgan fingerprint density at radius 3 is 2.48 bits per heavy atom. The molecule has 1 saturated heterocycles. The number of carbonyl (C=O) groups excluding carboxylic acids is 1. The fourth-order valence-electron chi connectivity index (χ4n) is 3.37. The summed E-state index contributed by atoms with van der Waals surface area (Å²) in [5, 5.41) is 5.39. The number of aromatic nitrogens is 2. The molecule has 0 atom stereocenters. The number of para-hydroxylation sites is 1. The standard InChI is InChI=1S/C21H19Cl2FN4O/c22-17-3-1-2-4-20(17)28-8-7-19(25-28)21(29)27-11-9-26(10-12-27)14-15-5-6-16(24)13-18(15)23/h1-8,13H,9-12,14H2. The fraction of sp³-hybridized carbons (Fsp3) is 0.238. The number of hydrogen-bond donors (Lipinski definition) is 0. The van der Waals surface area contributed by atoms with Gasteiger partial charge in [-0.1, -0.05) is 41.4 Å². The lowest BCUT2D eigenvalue weighted by atomic mass is 10.2. The van der Waals surface area contributed by atoms with Crippen molar-refractivity contribution in [1.82, 2.24) is 19.6 Å². The highest BCUT2D eigenvalue weighted by molar-refractivity contribution is 6.32. The highest BCUT2D eigenvalue weighted by Gasteiger charge is 2.24. The summed E-state index contributed by atoms with van der Waals surface area (Å²) in [6.07, 6.45) is 1.74. The summed E-state index contributed by atoms with van der Waals surface area (Å²) in [6, 6.07) is 13.5. The molecule has 0 N–H and O–H groups in total. The molecule has 0 spiro atoms. The normalized spacial score (nSPS) is 14.9. The van der Waals surface area contributed by atoms with Crippen molar-refractivity contribution in [1.29, 1.82) is 0 Å². The van der Waals surface area contributed by atoms with E-state index in [4.69, 9.17) is 23.2 Å². The van der Waals surface area contributed by atoms with Gasteiger partial charge in [-0.05, 0) is 35.9 Å². The molecule has 0 saturated carbocycles. The van der Waals surface area contributed by atoms with Crippen LogP contribution >= 0.6 is 23.2 Å². The summed E-state index contributed by atoms with van der Waals surface area (Å²) >= 11 is 12.3. The van der Waals surface area contributed by atoms with Crippen LogP contribution in [0.3, 0.4) is 0 Å². The van der Waals surface area contributed by atoms with E-state index in [1.807, 2.05) is 18.2 Å². The predicted octanol–water partition coefficient (Wildman–Crippen LogP) is 4.28. The molecule has 1 aromatic heterocycles. The van der Waals surface area contributed by atoms with E-state index < -0.39 is 0 Å². The van der Waals surface area contributed by atoms with Gasteiger partial charge in [-0.15, -0.1) is 0 Å². The minimum Gasteiger partial charge on any atom is -0.335 e. The van der Waals surface area contributed by atoms with Gasteiger partial charge in [-0.3, -0.25) is 9.69 Å². The zero-order chi connectivity index (χ0) is 20.4. The molecule has 8 heteroatoms. The molecule has 0 radical (unpaired) electrons. The number of nitrogens with zero attached hydrogens (tertiary/aromatic N) is 4. The van der Waals surface area contributed by atoms with Gasteiger partial charge in [0.1, 0.15) is 5.82 Å². The van der Waals surface area contributed by atoms with Crippen LogP contribution in [-0.4, -0.2) is 51.7 Å². The Morgan fingerprint density at radius 1 is 1.00 bits per heavy atom. The number of amides is 1. The largest absolute Gasteiger partial charge is 0.335 e. The molecule has 150 valence electrons. The smallest absolute Gasteiger partial charge is 0.274 e. The molecular formula is C21H19Cl2FN4O. The molecular weight excluding hydrogens is 414 g/mol. The Morgan fingerprint density at radius 2 is 1.76 bits per heavy atom. The Balaban J connectivity index is 1.37. The molecule has 0 unspecified atom stereocenters. The lowest BCUT2D eigenvalue weighted by Gasteiger charge is -2.34.